The maximum absolute atomic E-state index is 12.6. The largest absolute Gasteiger partial charge is 0.493 e. The number of methoxy groups -OCH3 is 2. The van der Waals surface area contributed by atoms with Crippen LogP contribution in [0.2, 0.25) is 0 Å². The van der Waals surface area contributed by atoms with Gasteiger partial charge in [0.25, 0.3) is 0 Å². The van der Waals surface area contributed by atoms with Gasteiger partial charge in [-0.25, -0.2) is 4.68 Å². The molecule has 0 aliphatic carbocycles. The molecule has 140 valence electrons. The number of para-hydroxylation sites is 1. The fraction of sp³-hybridized carbons (Fsp3) is 0.238. The fourth-order valence-corrected chi connectivity index (χ4v) is 2.82. The minimum Gasteiger partial charge on any atom is -0.493 e. The molecule has 0 unspecified atom stereocenters. The lowest BCUT2D eigenvalue weighted by Crippen LogP contribution is -2.27. The maximum atomic E-state index is 12.6. The summed E-state index contributed by atoms with van der Waals surface area (Å²) in [6.07, 6.45) is 3.92. The molecule has 0 saturated heterocycles. The molecule has 3 aromatic rings. The van der Waals surface area contributed by atoms with Crippen molar-refractivity contribution in [3.05, 3.63) is 72.1 Å². The van der Waals surface area contributed by atoms with Crippen LogP contribution in [-0.2, 0) is 17.8 Å². The van der Waals surface area contributed by atoms with Gasteiger partial charge in [0.15, 0.2) is 11.5 Å². The zero-order valence-electron chi connectivity index (χ0n) is 15.8. The Labute approximate surface area is 158 Å². The number of benzene rings is 2. The number of likely N-dealkylation sites (N-methyl/N-ethyl adjacent to an activating group) is 1. The molecular formula is C21H23N3O3. The van der Waals surface area contributed by atoms with Gasteiger partial charge >= 0.3 is 0 Å². The first-order valence-electron chi connectivity index (χ1n) is 8.64. The van der Waals surface area contributed by atoms with E-state index in [1.807, 2.05) is 54.7 Å². The second kappa shape index (κ2) is 8.40. The van der Waals surface area contributed by atoms with Crippen molar-refractivity contribution in [2.45, 2.75) is 13.0 Å². The summed E-state index contributed by atoms with van der Waals surface area (Å²) in [7, 11) is 4.99. The van der Waals surface area contributed by atoms with Gasteiger partial charge in [0.05, 0.1) is 32.5 Å². The molecule has 27 heavy (non-hydrogen) atoms. The maximum Gasteiger partial charge on any atom is 0.227 e. The monoisotopic (exact) mass is 365 g/mol. The Balaban J connectivity index is 1.64. The van der Waals surface area contributed by atoms with Crippen LogP contribution in [0.3, 0.4) is 0 Å². The summed E-state index contributed by atoms with van der Waals surface area (Å²) in [5.74, 6) is 1.35. The van der Waals surface area contributed by atoms with Crippen molar-refractivity contribution in [1.29, 1.82) is 0 Å². The molecule has 0 saturated carbocycles. The molecule has 0 bridgehead atoms. The molecule has 6 heteroatoms. The van der Waals surface area contributed by atoms with Crippen molar-refractivity contribution in [3.63, 3.8) is 0 Å². The zero-order valence-corrected chi connectivity index (χ0v) is 15.8. The predicted molar refractivity (Wildman–Crippen MR) is 103 cm³/mol. The Kier molecular flexibility index (Phi) is 5.76. The van der Waals surface area contributed by atoms with Crippen molar-refractivity contribution in [3.8, 4) is 17.2 Å². The number of hydrogen-bond acceptors (Lipinski definition) is 4. The van der Waals surface area contributed by atoms with E-state index in [0.29, 0.717) is 24.5 Å². The van der Waals surface area contributed by atoms with Gasteiger partial charge in [-0.05, 0) is 35.4 Å². The highest BCUT2D eigenvalue weighted by atomic mass is 16.5. The van der Waals surface area contributed by atoms with Crippen LogP contribution in [-0.4, -0.2) is 41.9 Å². The summed E-state index contributed by atoms with van der Waals surface area (Å²) in [6, 6.07) is 15.5. The smallest absolute Gasteiger partial charge is 0.227 e. The Morgan fingerprint density at radius 1 is 1.04 bits per heavy atom. The number of ether oxygens (including phenoxy) is 2. The number of nitrogens with zero attached hydrogens (tertiary/aromatic N) is 3. The van der Waals surface area contributed by atoms with Gasteiger partial charge in [-0.1, -0.05) is 24.3 Å². The lowest BCUT2D eigenvalue weighted by atomic mass is 10.1. The minimum absolute atomic E-state index is 0.0254. The zero-order chi connectivity index (χ0) is 19.2. The molecule has 1 aromatic heterocycles. The van der Waals surface area contributed by atoms with E-state index in [2.05, 4.69) is 5.10 Å². The molecule has 0 aliphatic rings. The topological polar surface area (TPSA) is 56.6 Å². The summed E-state index contributed by atoms with van der Waals surface area (Å²) < 4.78 is 12.3. The Morgan fingerprint density at radius 2 is 1.78 bits per heavy atom. The molecule has 0 spiro atoms. The summed E-state index contributed by atoms with van der Waals surface area (Å²) in [6.45, 7) is 0.492. The fourth-order valence-electron chi connectivity index (χ4n) is 2.82. The molecule has 6 nitrogen and oxygen atoms in total. The first kappa shape index (κ1) is 18.5. The molecule has 2 aromatic carbocycles. The van der Waals surface area contributed by atoms with Gasteiger partial charge in [-0.15, -0.1) is 0 Å². The van der Waals surface area contributed by atoms with Crippen molar-refractivity contribution in [1.82, 2.24) is 14.7 Å². The van der Waals surface area contributed by atoms with E-state index in [-0.39, 0.29) is 5.91 Å². The first-order chi connectivity index (χ1) is 13.1. The quantitative estimate of drug-likeness (QED) is 0.646. The lowest BCUT2D eigenvalue weighted by molar-refractivity contribution is -0.129. The van der Waals surface area contributed by atoms with Crippen LogP contribution < -0.4 is 9.47 Å². The normalized spacial score (nSPS) is 10.5. The summed E-state index contributed by atoms with van der Waals surface area (Å²) in [4.78, 5) is 14.3. The SMILES string of the molecule is COc1ccc(CN(C)C(=O)Cc2cnn(-c3ccccc3)c2)cc1OC. The second-order valence-corrected chi connectivity index (χ2v) is 6.24. The van der Waals surface area contributed by atoms with Crippen LogP contribution in [0.15, 0.2) is 60.9 Å². The van der Waals surface area contributed by atoms with Gasteiger partial charge < -0.3 is 14.4 Å². The minimum atomic E-state index is 0.0254. The van der Waals surface area contributed by atoms with Crippen LogP contribution in [0.25, 0.3) is 5.69 Å². The van der Waals surface area contributed by atoms with Crippen molar-refractivity contribution in [2.24, 2.45) is 0 Å². The van der Waals surface area contributed by atoms with Crippen molar-refractivity contribution >= 4 is 5.91 Å². The standard InChI is InChI=1S/C21H23N3O3/c1-23(14-16-9-10-19(26-2)20(11-16)27-3)21(25)12-17-13-22-24(15-17)18-7-5-4-6-8-18/h4-11,13,15H,12,14H2,1-3H3. The van der Waals surface area contributed by atoms with Crippen LogP contribution in [0, 0.1) is 0 Å². The van der Waals surface area contributed by atoms with Gasteiger partial charge in [0, 0.05) is 19.8 Å². The molecule has 0 atom stereocenters. The third-order valence-corrected chi connectivity index (χ3v) is 4.31. The number of aromatic nitrogens is 2. The molecule has 0 aliphatic heterocycles. The third kappa shape index (κ3) is 4.47. The molecular weight excluding hydrogens is 342 g/mol. The number of rotatable bonds is 7. The number of hydrogen-bond donors (Lipinski definition) is 0. The Hall–Kier alpha value is -3.28. The van der Waals surface area contributed by atoms with Crippen LogP contribution in [0.1, 0.15) is 11.1 Å². The third-order valence-electron chi connectivity index (χ3n) is 4.31. The second-order valence-electron chi connectivity index (χ2n) is 6.24. The van der Waals surface area contributed by atoms with Crippen LogP contribution >= 0.6 is 0 Å². The van der Waals surface area contributed by atoms with E-state index < -0.39 is 0 Å². The molecule has 0 radical (unpaired) electrons. The Morgan fingerprint density at radius 3 is 2.48 bits per heavy atom. The highest BCUT2D eigenvalue weighted by Gasteiger charge is 2.13. The number of carbonyl (C=O) groups excluding carboxylic acids is 1. The van der Waals surface area contributed by atoms with Gasteiger partial charge in [0.2, 0.25) is 5.91 Å². The number of amides is 1. The Bertz CT molecular complexity index is 906. The van der Waals surface area contributed by atoms with E-state index in [1.54, 1.807) is 37.0 Å². The first-order valence-corrected chi connectivity index (χ1v) is 8.64. The van der Waals surface area contributed by atoms with E-state index in [0.717, 1.165) is 16.8 Å². The van der Waals surface area contributed by atoms with Crippen molar-refractivity contribution < 1.29 is 14.3 Å². The predicted octanol–water partition coefficient (Wildman–Crippen LogP) is 3.09. The van der Waals surface area contributed by atoms with E-state index in [1.165, 1.54) is 0 Å². The van der Waals surface area contributed by atoms with Crippen molar-refractivity contribution in [2.75, 3.05) is 21.3 Å². The summed E-state index contributed by atoms with van der Waals surface area (Å²) >= 11 is 0. The van der Waals surface area contributed by atoms with Crippen LogP contribution in [0.4, 0.5) is 0 Å². The highest BCUT2D eigenvalue weighted by molar-refractivity contribution is 5.78. The summed E-state index contributed by atoms with van der Waals surface area (Å²) in [5, 5.41) is 4.34. The summed E-state index contributed by atoms with van der Waals surface area (Å²) in [5.41, 5.74) is 2.82. The molecule has 0 fully saturated rings. The average molecular weight is 365 g/mol. The van der Waals surface area contributed by atoms with Gasteiger partial charge in [0.1, 0.15) is 0 Å². The van der Waals surface area contributed by atoms with E-state index in [9.17, 15) is 4.79 Å². The van der Waals surface area contributed by atoms with Gasteiger partial charge in [-0.2, -0.15) is 5.10 Å². The van der Waals surface area contributed by atoms with Gasteiger partial charge in [-0.3, -0.25) is 4.79 Å². The molecule has 0 N–H and O–H groups in total. The number of carbonyl (C=O) groups is 1. The highest BCUT2D eigenvalue weighted by Crippen LogP contribution is 2.28. The molecule has 1 heterocycles. The van der Waals surface area contributed by atoms with E-state index >= 15 is 0 Å². The lowest BCUT2D eigenvalue weighted by Gasteiger charge is -2.18. The van der Waals surface area contributed by atoms with Crippen LogP contribution in [0.5, 0.6) is 11.5 Å². The van der Waals surface area contributed by atoms with E-state index in [4.69, 9.17) is 9.47 Å². The molecule has 3 rings (SSSR count). The molecule has 1 amide bonds. The average Bonchev–Trinajstić information content (AvgIpc) is 3.17.